The van der Waals surface area contributed by atoms with Crippen LogP contribution in [-0.4, -0.2) is 52.3 Å². The Bertz CT molecular complexity index is 1080. The number of aromatic nitrogens is 2. The highest BCUT2D eigenvalue weighted by atomic mass is 35.5. The second kappa shape index (κ2) is 8.51. The van der Waals surface area contributed by atoms with Crippen LogP contribution >= 0.6 is 23.2 Å². The first kappa shape index (κ1) is 20.5. The van der Waals surface area contributed by atoms with Crippen molar-refractivity contribution >= 4 is 40.5 Å². The van der Waals surface area contributed by atoms with Gasteiger partial charge in [0.05, 0.1) is 16.4 Å². The largest absolute Gasteiger partial charge is 0.367 e. The van der Waals surface area contributed by atoms with Crippen LogP contribution in [0.5, 0.6) is 0 Å². The molecule has 156 valence electrons. The number of carbonyl (C=O) groups is 1. The van der Waals surface area contributed by atoms with E-state index in [4.69, 9.17) is 32.9 Å². The Morgan fingerprint density at radius 3 is 2.63 bits per heavy atom. The predicted molar refractivity (Wildman–Crippen MR) is 114 cm³/mol. The monoisotopic (exact) mass is 447 g/mol. The lowest BCUT2D eigenvalue weighted by atomic mass is 10.1. The highest BCUT2D eigenvalue weighted by Crippen LogP contribution is 2.32. The van der Waals surface area contributed by atoms with E-state index in [1.165, 1.54) is 0 Å². The molecular formula is C20H19Cl2N5O3. The smallest absolute Gasteiger partial charge is 0.259 e. The number of nitrogens with zero attached hydrogens (tertiary/aromatic N) is 4. The van der Waals surface area contributed by atoms with Crippen molar-refractivity contribution in [1.82, 2.24) is 15.0 Å². The first-order valence-electron chi connectivity index (χ1n) is 9.30. The lowest BCUT2D eigenvalue weighted by Crippen LogP contribution is -2.49. The summed E-state index contributed by atoms with van der Waals surface area (Å²) >= 11 is 12.5. The van der Waals surface area contributed by atoms with E-state index in [1.807, 2.05) is 6.07 Å². The minimum Gasteiger partial charge on any atom is -0.367 e. The number of aryl methyl sites for hydroxylation is 1. The molecule has 1 aliphatic rings. The Labute approximate surface area is 183 Å². The summed E-state index contributed by atoms with van der Waals surface area (Å²) in [6.45, 7) is 3.97. The van der Waals surface area contributed by atoms with Gasteiger partial charge in [0.25, 0.3) is 5.91 Å². The summed E-state index contributed by atoms with van der Waals surface area (Å²) in [5.41, 5.74) is 4.80. The third-order valence-corrected chi connectivity index (χ3v) is 5.68. The number of hydrogen-bond donors (Lipinski definition) is 2. The Balaban J connectivity index is 1.52. The number of nitrogens with one attached hydrogen (secondary N) is 1. The molecule has 1 saturated heterocycles. The van der Waals surface area contributed by atoms with Gasteiger partial charge in [-0.2, -0.15) is 0 Å². The van der Waals surface area contributed by atoms with Crippen LogP contribution in [-0.2, 0) is 0 Å². The molecule has 4 rings (SSSR count). The molecule has 30 heavy (non-hydrogen) atoms. The molecule has 1 aromatic carbocycles. The number of hydrogen-bond acceptors (Lipinski definition) is 7. The number of amides is 1. The molecular weight excluding hydrogens is 429 g/mol. The lowest BCUT2D eigenvalue weighted by molar-refractivity contribution is 0.0745. The van der Waals surface area contributed by atoms with Crippen LogP contribution in [0.25, 0.3) is 11.3 Å². The Kier molecular flexibility index (Phi) is 5.80. The minimum atomic E-state index is -0.158. The summed E-state index contributed by atoms with van der Waals surface area (Å²) in [4.78, 5) is 21.2. The van der Waals surface area contributed by atoms with Gasteiger partial charge >= 0.3 is 0 Å². The van der Waals surface area contributed by atoms with Crippen LogP contribution in [0.4, 0.5) is 11.4 Å². The molecule has 0 saturated carbocycles. The van der Waals surface area contributed by atoms with Crippen molar-refractivity contribution < 1.29 is 14.5 Å². The molecule has 3 aromatic rings. The number of rotatable bonds is 4. The van der Waals surface area contributed by atoms with Crippen molar-refractivity contribution in [3.63, 3.8) is 0 Å². The normalized spacial score (nSPS) is 14.1. The SMILES string of the molecule is Cc1onc(-c2cccnc2Cl)c1C(=O)N1CCN(c2ccc(NO)cc2Cl)CC1. The number of carbonyl (C=O) groups excluding carboxylic acids is 1. The van der Waals surface area contributed by atoms with E-state index in [0.717, 1.165) is 5.69 Å². The van der Waals surface area contributed by atoms with Gasteiger partial charge in [0.1, 0.15) is 22.2 Å². The van der Waals surface area contributed by atoms with Crippen molar-refractivity contribution in [2.75, 3.05) is 36.6 Å². The summed E-state index contributed by atoms with van der Waals surface area (Å²) in [5, 5.41) is 13.8. The first-order chi connectivity index (χ1) is 14.5. The summed E-state index contributed by atoms with van der Waals surface area (Å²) in [7, 11) is 0. The van der Waals surface area contributed by atoms with E-state index in [0.29, 0.717) is 59.5 Å². The van der Waals surface area contributed by atoms with E-state index in [1.54, 1.807) is 42.3 Å². The molecule has 0 atom stereocenters. The molecule has 1 fully saturated rings. The van der Waals surface area contributed by atoms with Crippen LogP contribution in [0, 0.1) is 6.92 Å². The minimum absolute atomic E-state index is 0.158. The van der Waals surface area contributed by atoms with Gasteiger partial charge in [-0.3, -0.25) is 15.5 Å². The van der Waals surface area contributed by atoms with Crippen molar-refractivity contribution in [3.05, 3.63) is 58.0 Å². The van der Waals surface area contributed by atoms with Gasteiger partial charge in [-0.05, 0) is 37.3 Å². The molecule has 0 radical (unpaired) electrons. The Morgan fingerprint density at radius 1 is 1.20 bits per heavy atom. The second-order valence-corrected chi connectivity index (χ2v) is 7.63. The fourth-order valence-corrected chi connectivity index (χ4v) is 4.02. The highest BCUT2D eigenvalue weighted by molar-refractivity contribution is 6.33. The maximum atomic E-state index is 13.3. The summed E-state index contributed by atoms with van der Waals surface area (Å²) in [6, 6.07) is 8.72. The first-order valence-corrected chi connectivity index (χ1v) is 10.1. The zero-order valence-corrected chi connectivity index (χ0v) is 17.6. The fraction of sp³-hybridized carbons (Fsp3) is 0.250. The molecule has 0 spiro atoms. The topological polar surface area (TPSA) is 94.7 Å². The van der Waals surface area contributed by atoms with Crippen LogP contribution in [0.1, 0.15) is 16.1 Å². The van der Waals surface area contributed by atoms with E-state index in [-0.39, 0.29) is 11.1 Å². The number of anilines is 2. The van der Waals surface area contributed by atoms with E-state index in [9.17, 15) is 4.79 Å². The molecule has 0 aliphatic carbocycles. The van der Waals surface area contributed by atoms with Crippen LogP contribution in [0.3, 0.4) is 0 Å². The van der Waals surface area contributed by atoms with Crippen LogP contribution in [0.15, 0.2) is 41.1 Å². The molecule has 0 bridgehead atoms. The summed E-state index contributed by atoms with van der Waals surface area (Å²) in [5.74, 6) is 0.279. The standard InChI is InChI=1S/C20H19Cl2N5O3/c1-12-17(18(25-30-12)14-3-2-6-23-19(14)22)20(28)27-9-7-26(8-10-27)16-5-4-13(24-29)11-15(16)21/h2-6,11,24,29H,7-10H2,1H3. The van der Waals surface area contributed by atoms with Gasteiger partial charge in [-0.25, -0.2) is 4.98 Å². The highest BCUT2D eigenvalue weighted by Gasteiger charge is 2.30. The lowest BCUT2D eigenvalue weighted by Gasteiger charge is -2.36. The molecule has 3 heterocycles. The third kappa shape index (κ3) is 3.81. The number of halogens is 2. The van der Waals surface area contributed by atoms with Crippen molar-refractivity contribution in [2.45, 2.75) is 6.92 Å². The van der Waals surface area contributed by atoms with Crippen LogP contribution in [0.2, 0.25) is 10.2 Å². The van der Waals surface area contributed by atoms with Gasteiger partial charge in [-0.1, -0.05) is 28.4 Å². The van der Waals surface area contributed by atoms with E-state index >= 15 is 0 Å². The van der Waals surface area contributed by atoms with Gasteiger partial charge < -0.3 is 14.3 Å². The van der Waals surface area contributed by atoms with Gasteiger partial charge in [-0.15, -0.1) is 0 Å². The molecule has 0 unspecified atom stereocenters. The Hall–Kier alpha value is -2.81. The zero-order valence-electron chi connectivity index (χ0n) is 16.1. The maximum Gasteiger partial charge on any atom is 0.259 e. The Morgan fingerprint density at radius 2 is 1.97 bits per heavy atom. The van der Waals surface area contributed by atoms with E-state index < -0.39 is 0 Å². The van der Waals surface area contributed by atoms with Crippen LogP contribution < -0.4 is 10.4 Å². The molecule has 8 nitrogen and oxygen atoms in total. The zero-order chi connectivity index (χ0) is 21.3. The summed E-state index contributed by atoms with van der Waals surface area (Å²) in [6.07, 6.45) is 1.58. The molecule has 2 N–H and O–H groups in total. The third-order valence-electron chi connectivity index (χ3n) is 5.08. The molecule has 1 aliphatic heterocycles. The number of piperazine rings is 1. The number of benzene rings is 1. The average Bonchev–Trinajstić information content (AvgIpc) is 3.14. The summed E-state index contributed by atoms with van der Waals surface area (Å²) < 4.78 is 5.31. The maximum absolute atomic E-state index is 13.3. The number of pyridine rings is 1. The van der Waals surface area contributed by atoms with Gasteiger partial charge in [0.15, 0.2) is 0 Å². The van der Waals surface area contributed by atoms with Crippen molar-refractivity contribution in [2.24, 2.45) is 0 Å². The van der Waals surface area contributed by atoms with Gasteiger partial charge in [0.2, 0.25) is 0 Å². The van der Waals surface area contributed by atoms with E-state index in [2.05, 4.69) is 20.5 Å². The van der Waals surface area contributed by atoms with Crippen molar-refractivity contribution in [3.8, 4) is 11.3 Å². The van der Waals surface area contributed by atoms with Gasteiger partial charge in [0, 0.05) is 37.9 Å². The fourth-order valence-electron chi connectivity index (χ4n) is 3.51. The molecule has 2 aromatic heterocycles. The average molecular weight is 448 g/mol. The second-order valence-electron chi connectivity index (χ2n) is 6.86. The van der Waals surface area contributed by atoms with Crippen molar-refractivity contribution in [1.29, 1.82) is 0 Å². The predicted octanol–water partition coefficient (Wildman–Crippen LogP) is 4.12. The quantitative estimate of drug-likeness (QED) is 0.458. The molecule has 1 amide bonds. The molecule has 10 heteroatoms.